The first-order valence-corrected chi connectivity index (χ1v) is 9.75. The fraction of sp³-hybridized carbons (Fsp3) is 0.250. The van der Waals surface area contributed by atoms with Crippen molar-refractivity contribution in [3.05, 3.63) is 57.9 Å². The monoisotopic (exact) mass is 446 g/mol. The first kappa shape index (κ1) is 16.7. The Bertz CT molecular complexity index is 788. The first-order valence-electron chi connectivity index (χ1n) is 7.24. The summed E-state index contributed by atoms with van der Waals surface area (Å²) in [6.45, 7) is 1.65. The zero-order valence-electron chi connectivity index (χ0n) is 12.3. The number of hydrogen-bond donors (Lipinski definition) is 0. The van der Waals surface area contributed by atoms with Crippen LogP contribution in [0.25, 0.3) is 0 Å². The summed E-state index contributed by atoms with van der Waals surface area (Å²) in [4.78, 5) is 2.19. The van der Waals surface area contributed by atoms with E-state index in [4.69, 9.17) is 0 Å². The van der Waals surface area contributed by atoms with Crippen molar-refractivity contribution in [3.8, 4) is 0 Å². The van der Waals surface area contributed by atoms with Crippen LogP contribution in [0.3, 0.4) is 0 Å². The highest BCUT2D eigenvalue weighted by Gasteiger charge is 2.29. The van der Waals surface area contributed by atoms with Crippen molar-refractivity contribution in [1.29, 1.82) is 0 Å². The van der Waals surface area contributed by atoms with Crippen LogP contribution in [0.1, 0.15) is 0 Å². The number of nitrogens with zero attached hydrogens (tertiary/aromatic N) is 2. The Morgan fingerprint density at radius 1 is 0.913 bits per heavy atom. The lowest BCUT2D eigenvalue weighted by Gasteiger charge is -2.35. The van der Waals surface area contributed by atoms with Gasteiger partial charge in [0.1, 0.15) is 5.82 Å². The van der Waals surface area contributed by atoms with Gasteiger partial charge in [0.2, 0.25) is 10.0 Å². The summed E-state index contributed by atoms with van der Waals surface area (Å²) < 4.78 is 41.6. The standard InChI is InChI=1S/C16H16FIN2O2S/c17-15-3-1-2-4-16(15)19-9-11-20(12-10-19)23(21,22)14-7-5-13(18)6-8-14/h1-8H,9-12H2. The summed E-state index contributed by atoms with van der Waals surface area (Å²) in [6, 6.07) is 13.4. The van der Waals surface area contributed by atoms with E-state index in [0.717, 1.165) is 3.57 Å². The van der Waals surface area contributed by atoms with Crippen molar-refractivity contribution >= 4 is 38.3 Å². The van der Waals surface area contributed by atoms with Gasteiger partial charge in [0.25, 0.3) is 0 Å². The molecule has 0 bridgehead atoms. The van der Waals surface area contributed by atoms with Crippen molar-refractivity contribution in [2.45, 2.75) is 4.90 Å². The second kappa shape index (κ2) is 6.74. The molecule has 0 aliphatic carbocycles. The molecule has 1 saturated heterocycles. The molecule has 4 nitrogen and oxygen atoms in total. The Balaban J connectivity index is 1.74. The van der Waals surface area contributed by atoms with Crippen LogP contribution in [-0.4, -0.2) is 38.9 Å². The van der Waals surface area contributed by atoms with E-state index < -0.39 is 10.0 Å². The van der Waals surface area contributed by atoms with Crippen LogP contribution in [0.15, 0.2) is 53.4 Å². The molecule has 0 spiro atoms. The average molecular weight is 446 g/mol. The van der Waals surface area contributed by atoms with Crippen LogP contribution in [0.5, 0.6) is 0 Å². The molecule has 0 atom stereocenters. The van der Waals surface area contributed by atoms with E-state index in [0.29, 0.717) is 36.8 Å². The molecule has 2 aromatic rings. The van der Waals surface area contributed by atoms with Crippen molar-refractivity contribution in [3.63, 3.8) is 0 Å². The summed E-state index contributed by atoms with van der Waals surface area (Å²) in [5.41, 5.74) is 0.527. The van der Waals surface area contributed by atoms with Crippen LogP contribution >= 0.6 is 22.6 Å². The fourth-order valence-corrected chi connectivity index (χ4v) is 4.41. The number of halogens is 2. The number of rotatable bonds is 3. The second-order valence-electron chi connectivity index (χ2n) is 5.30. The Morgan fingerprint density at radius 3 is 2.13 bits per heavy atom. The molecule has 1 aliphatic heterocycles. The molecule has 0 N–H and O–H groups in total. The Morgan fingerprint density at radius 2 is 1.52 bits per heavy atom. The van der Waals surface area contributed by atoms with Gasteiger partial charge in [-0.25, -0.2) is 12.8 Å². The molecule has 7 heteroatoms. The molecule has 0 saturated carbocycles. The number of sulfonamides is 1. The molecule has 122 valence electrons. The van der Waals surface area contributed by atoms with Crippen LogP contribution < -0.4 is 4.90 Å². The van der Waals surface area contributed by atoms with Crippen molar-refractivity contribution in [2.75, 3.05) is 31.1 Å². The van der Waals surface area contributed by atoms with Gasteiger partial charge < -0.3 is 4.90 Å². The summed E-state index contributed by atoms with van der Waals surface area (Å²) in [6.07, 6.45) is 0. The number of hydrogen-bond acceptors (Lipinski definition) is 3. The minimum absolute atomic E-state index is 0.276. The lowest BCUT2D eigenvalue weighted by atomic mass is 10.2. The summed E-state index contributed by atoms with van der Waals surface area (Å²) >= 11 is 2.14. The SMILES string of the molecule is O=S(=O)(c1ccc(I)cc1)N1CCN(c2ccccc2F)CC1. The predicted molar refractivity (Wildman–Crippen MR) is 96.5 cm³/mol. The molecule has 2 aromatic carbocycles. The molecule has 0 unspecified atom stereocenters. The van der Waals surface area contributed by atoms with Gasteiger partial charge in [-0.05, 0) is 59.0 Å². The van der Waals surface area contributed by atoms with E-state index in [1.807, 2.05) is 4.90 Å². The van der Waals surface area contributed by atoms with E-state index in [1.54, 1.807) is 42.5 Å². The highest BCUT2D eigenvalue weighted by Crippen LogP contribution is 2.23. The fourth-order valence-electron chi connectivity index (χ4n) is 2.63. The van der Waals surface area contributed by atoms with Crippen molar-refractivity contribution in [2.24, 2.45) is 0 Å². The molecule has 1 aliphatic rings. The zero-order chi connectivity index (χ0) is 16.4. The van der Waals surface area contributed by atoms with Gasteiger partial charge in [-0.3, -0.25) is 0 Å². The van der Waals surface area contributed by atoms with Gasteiger partial charge in [-0.15, -0.1) is 0 Å². The molecular formula is C16H16FIN2O2S. The van der Waals surface area contributed by atoms with Gasteiger partial charge in [0.05, 0.1) is 10.6 Å². The maximum absolute atomic E-state index is 13.8. The summed E-state index contributed by atoms with van der Waals surface area (Å²) in [5, 5.41) is 0. The second-order valence-corrected chi connectivity index (χ2v) is 8.48. The third-order valence-corrected chi connectivity index (χ3v) is 6.52. The maximum Gasteiger partial charge on any atom is 0.243 e. The van der Waals surface area contributed by atoms with Gasteiger partial charge in [-0.2, -0.15) is 4.31 Å². The largest absolute Gasteiger partial charge is 0.367 e. The maximum atomic E-state index is 13.8. The quantitative estimate of drug-likeness (QED) is 0.681. The number of anilines is 1. The van der Waals surface area contributed by atoms with Crippen LogP contribution in [0, 0.1) is 9.39 Å². The molecule has 0 aromatic heterocycles. The van der Waals surface area contributed by atoms with Crippen molar-refractivity contribution < 1.29 is 12.8 Å². The third kappa shape index (κ3) is 3.51. The number of piperazine rings is 1. The molecular weight excluding hydrogens is 430 g/mol. The summed E-state index contributed by atoms with van der Waals surface area (Å²) in [7, 11) is -3.48. The zero-order valence-corrected chi connectivity index (χ0v) is 15.3. The lowest BCUT2D eigenvalue weighted by molar-refractivity contribution is 0.383. The highest BCUT2D eigenvalue weighted by molar-refractivity contribution is 14.1. The predicted octanol–water partition coefficient (Wildman–Crippen LogP) is 2.94. The Labute approximate surface area is 149 Å². The normalized spacial score (nSPS) is 16.5. The van der Waals surface area contributed by atoms with Gasteiger partial charge in [0.15, 0.2) is 0 Å². The molecule has 1 heterocycles. The Kier molecular flexibility index (Phi) is 4.88. The molecule has 3 rings (SSSR count). The average Bonchev–Trinajstić information content (AvgIpc) is 2.56. The minimum Gasteiger partial charge on any atom is -0.367 e. The van der Waals surface area contributed by atoms with Gasteiger partial charge >= 0.3 is 0 Å². The number of benzene rings is 2. The van der Waals surface area contributed by atoms with Gasteiger partial charge in [0, 0.05) is 29.7 Å². The lowest BCUT2D eigenvalue weighted by Crippen LogP contribution is -2.48. The minimum atomic E-state index is -3.48. The molecule has 23 heavy (non-hydrogen) atoms. The molecule has 0 amide bonds. The first-order chi connectivity index (χ1) is 11.0. The van der Waals surface area contributed by atoms with Crippen LogP contribution in [0.2, 0.25) is 0 Å². The van der Waals surface area contributed by atoms with Crippen LogP contribution in [-0.2, 0) is 10.0 Å². The highest BCUT2D eigenvalue weighted by atomic mass is 127. The van der Waals surface area contributed by atoms with E-state index in [-0.39, 0.29) is 5.82 Å². The summed E-state index contributed by atoms with van der Waals surface area (Å²) in [5.74, 6) is -0.276. The molecule has 0 radical (unpaired) electrons. The van der Waals surface area contributed by atoms with E-state index in [9.17, 15) is 12.8 Å². The topological polar surface area (TPSA) is 40.6 Å². The smallest absolute Gasteiger partial charge is 0.243 e. The van der Waals surface area contributed by atoms with E-state index in [2.05, 4.69) is 22.6 Å². The Hall–Kier alpha value is -1.19. The van der Waals surface area contributed by atoms with Crippen LogP contribution in [0.4, 0.5) is 10.1 Å². The molecule has 1 fully saturated rings. The number of para-hydroxylation sites is 1. The van der Waals surface area contributed by atoms with E-state index >= 15 is 0 Å². The van der Waals surface area contributed by atoms with E-state index in [1.165, 1.54) is 10.4 Å². The van der Waals surface area contributed by atoms with Crippen molar-refractivity contribution in [1.82, 2.24) is 4.31 Å². The van der Waals surface area contributed by atoms with Gasteiger partial charge in [-0.1, -0.05) is 12.1 Å². The third-order valence-electron chi connectivity index (χ3n) is 3.88.